The van der Waals surface area contributed by atoms with E-state index in [-0.39, 0.29) is 23.5 Å². The van der Waals surface area contributed by atoms with Crippen molar-refractivity contribution in [2.45, 2.75) is 19.7 Å². The molecule has 29 heavy (non-hydrogen) atoms. The Morgan fingerprint density at radius 3 is 2.62 bits per heavy atom. The van der Waals surface area contributed by atoms with E-state index in [1.165, 1.54) is 25.3 Å². The van der Waals surface area contributed by atoms with Crippen LogP contribution in [0.5, 0.6) is 5.75 Å². The van der Waals surface area contributed by atoms with Gasteiger partial charge in [-0.25, -0.2) is 9.79 Å². The third-order valence-electron chi connectivity index (χ3n) is 4.01. The summed E-state index contributed by atoms with van der Waals surface area (Å²) in [6.45, 7) is 2.45. The fourth-order valence-corrected chi connectivity index (χ4v) is 2.72. The molecular weight excluding hydrogens is 453 g/mol. The van der Waals surface area contributed by atoms with E-state index in [4.69, 9.17) is 9.47 Å². The third kappa shape index (κ3) is 6.22. The largest absolute Gasteiger partial charge is 0.496 e. The minimum atomic E-state index is -4.46. The number of methoxy groups -OCH3 is 1. The number of rotatable bonds is 7. The number of esters is 1. The third-order valence-corrected chi connectivity index (χ3v) is 4.64. The van der Waals surface area contributed by atoms with Crippen molar-refractivity contribution in [3.8, 4) is 5.75 Å². The predicted octanol–water partition coefficient (Wildman–Crippen LogP) is 5.45. The van der Waals surface area contributed by atoms with Crippen molar-refractivity contribution in [2.75, 3.05) is 20.7 Å². The summed E-state index contributed by atoms with van der Waals surface area (Å²) in [4.78, 5) is 18.7. The molecule has 2 rings (SSSR count). The van der Waals surface area contributed by atoms with Crippen molar-refractivity contribution in [2.24, 2.45) is 4.99 Å². The fourth-order valence-electron chi connectivity index (χ4n) is 2.28. The zero-order chi connectivity index (χ0) is 21.6. The minimum Gasteiger partial charge on any atom is -0.496 e. The Kier molecular flexibility index (Phi) is 7.66. The summed E-state index contributed by atoms with van der Waals surface area (Å²) in [5.74, 6) is -0.477. The summed E-state index contributed by atoms with van der Waals surface area (Å²) >= 11 is 3.36. The van der Waals surface area contributed by atoms with Gasteiger partial charge >= 0.3 is 12.1 Å². The molecule has 0 fully saturated rings. The summed E-state index contributed by atoms with van der Waals surface area (Å²) in [5.41, 5.74) is 0.117. The number of hydrogen-bond donors (Lipinski definition) is 0. The first-order valence-electron chi connectivity index (χ1n) is 8.61. The molecule has 156 valence electrons. The second-order valence-corrected chi connectivity index (χ2v) is 6.95. The summed E-state index contributed by atoms with van der Waals surface area (Å²) in [6.07, 6.45) is -2.82. The van der Waals surface area contributed by atoms with Crippen LogP contribution in [0.15, 0.2) is 45.9 Å². The van der Waals surface area contributed by atoms with E-state index in [9.17, 15) is 18.0 Å². The zero-order valence-corrected chi connectivity index (χ0v) is 17.7. The van der Waals surface area contributed by atoms with E-state index in [2.05, 4.69) is 20.9 Å². The van der Waals surface area contributed by atoms with Crippen molar-refractivity contribution in [1.29, 1.82) is 0 Å². The Morgan fingerprint density at radius 2 is 2.00 bits per heavy atom. The van der Waals surface area contributed by atoms with Gasteiger partial charge in [-0.15, -0.1) is 0 Å². The first kappa shape index (κ1) is 22.7. The van der Waals surface area contributed by atoms with Gasteiger partial charge in [0.25, 0.3) is 0 Å². The van der Waals surface area contributed by atoms with E-state index in [1.54, 1.807) is 12.4 Å². The summed E-state index contributed by atoms with van der Waals surface area (Å²) < 4.78 is 49.4. The Balaban J connectivity index is 2.18. The number of ether oxygens (including phenoxy) is 2. The van der Waals surface area contributed by atoms with Crippen LogP contribution in [-0.2, 0) is 17.5 Å². The molecule has 0 heterocycles. The van der Waals surface area contributed by atoms with Crippen LogP contribution >= 0.6 is 15.9 Å². The van der Waals surface area contributed by atoms with Crippen molar-refractivity contribution < 1.29 is 27.4 Å². The minimum absolute atomic E-state index is 0.133. The maximum Gasteiger partial charge on any atom is 0.416 e. The molecule has 0 aliphatic carbocycles. The Morgan fingerprint density at radius 1 is 1.28 bits per heavy atom. The standard InChI is InChI=1S/C20H20BrF3N2O3/c1-4-26(2)12-25-17-10-18(28-3)15(9-16(17)21)19(27)29-11-13-6-5-7-14(8-13)20(22,23)24/h5-10,12H,4,11H2,1-3H3/b25-12+. The topological polar surface area (TPSA) is 51.1 Å². The molecule has 9 heteroatoms. The van der Waals surface area contributed by atoms with Gasteiger partial charge in [0, 0.05) is 24.1 Å². The average Bonchev–Trinajstić information content (AvgIpc) is 2.70. The van der Waals surface area contributed by atoms with E-state index < -0.39 is 17.7 Å². The molecule has 0 N–H and O–H groups in total. The number of benzene rings is 2. The Labute approximate surface area is 175 Å². The van der Waals surface area contributed by atoms with E-state index >= 15 is 0 Å². The van der Waals surface area contributed by atoms with Gasteiger partial charge in [-0.05, 0) is 46.6 Å². The molecule has 2 aromatic carbocycles. The van der Waals surface area contributed by atoms with Crippen LogP contribution in [0.2, 0.25) is 0 Å². The van der Waals surface area contributed by atoms with E-state index in [0.717, 1.165) is 18.7 Å². The van der Waals surface area contributed by atoms with Gasteiger partial charge in [-0.1, -0.05) is 12.1 Å². The van der Waals surface area contributed by atoms with Crippen molar-refractivity contribution in [3.63, 3.8) is 0 Å². The number of aliphatic imine (C=N–C) groups is 1. The highest BCUT2D eigenvalue weighted by atomic mass is 79.9. The molecule has 5 nitrogen and oxygen atoms in total. The first-order valence-corrected chi connectivity index (χ1v) is 9.40. The van der Waals surface area contributed by atoms with Crippen LogP contribution < -0.4 is 4.74 Å². The number of alkyl halides is 3. The molecule has 0 unspecified atom stereocenters. The average molecular weight is 473 g/mol. The quantitative estimate of drug-likeness (QED) is 0.305. The molecule has 0 bridgehead atoms. The second kappa shape index (κ2) is 9.78. The molecule has 0 amide bonds. The van der Waals surface area contributed by atoms with Crippen molar-refractivity contribution in [3.05, 3.63) is 57.6 Å². The van der Waals surface area contributed by atoms with Crippen LogP contribution in [0.4, 0.5) is 18.9 Å². The van der Waals surface area contributed by atoms with Crippen molar-refractivity contribution in [1.82, 2.24) is 4.90 Å². The monoisotopic (exact) mass is 472 g/mol. The van der Waals surface area contributed by atoms with Crippen LogP contribution in [0.25, 0.3) is 0 Å². The van der Waals surface area contributed by atoms with Gasteiger partial charge in [0.2, 0.25) is 0 Å². The molecule has 2 aromatic rings. The van der Waals surface area contributed by atoms with Gasteiger partial charge in [0.1, 0.15) is 17.9 Å². The maximum absolute atomic E-state index is 12.8. The SMILES string of the molecule is CCN(C)/C=N/c1cc(OC)c(C(=O)OCc2cccc(C(F)(F)F)c2)cc1Br. The molecule has 0 atom stereocenters. The number of carbonyl (C=O) groups is 1. The molecule has 0 aliphatic heterocycles. The highest BCUT2D eigenvalue weighted by Crippen LogP contribution is 2.34. The number of halogens is 4. The predicted molar refractivity (Wildman–Crippen MR) is 108 cm³/mol. The lowest BCUT2D eigenvalue weighted by molar-refractivity contribution is -0.137. The summed E-state index contributed by atoms with van der Waals surface area (Å²) in [6, 6.07) is 7.71. The second-order valence-electron chi connectivity index (χ2n) is 6.10. The highest BCUT2D eigenvalue weighted by molar-refractivity contribution is 9.10. The Bertz CT molecular complexity index is 901. The zero-order valence-electron chi connectivity index (χ0n) is 16.1. The van der Waals surface area contributed by atoms with Crippen molar-refractivity contribution >= 4 is 33.9 Å². The lowest BCUT2D eigenvalue weighted by Crippen LogP contribution is -2.14. The molecule has 0 saturated heterocycles. The summed E-state index contributed by atoms with van der Waals surface area (Å²) in [7, 11) is 3.27. The normalized spacial score (nSPS) is 11.6. The maximum atomic E-state index is 12.8. The van der Waals surface area contributed by atoms with Gasteiger partial charge in [-0.3, -0.25) is 0 Å². The van der Waals surface area contributed by atoms with E-state index in [1.807, 2.05) is 18.9 Å². The van der Waals surface area contributed by atoms with Crippen LogP contribution in [0.1, 0.15) is 28.4 Å². The first-order chi connectivity index (χ1) is 13.7. The van der Waals surface area contributed by atoms with E-state index in [0.29, 0.717) is 10.2 Å². The van der Waals surface area contributed by atoms with Gasteiger partial charge < -0.3 is 14.4 Å². The number of carbonyl (C=O) groups excluding carboxylic acids is 1. The number of hydrogen-bond acceptors (Lipinski definition) is 4. The molecular formula is C20H20BrF3N2O3. The van der Waals surface area contributed by atoms with Crippen LogP contribution in [-0.4, -0.2) is 37.9 Å². The number of nitrogens with zero attached hydrogens (tertiary/aromatic N) is 2. The molecule has 0 radical (unpaired) electrons. The highest BCUT2D eigenvalue weighted by Gasteiger charge is 2.30. The van der Waals surface area contributed by atoms with Gasteiger partial charge in [0.15, 0.2) is 0 Å². The molecule has 0 spiro atoms. The summed E-state index contributed by atoms with van der Waals surface area (Å²) in [5, 5.41) is 0. The lowest BCUT2D eigenvalue weighted by Gasteiger charge is -2.13. The lowest BCUT2D eigenvalue weighted by atomic mass is 10.1. The van der Waals surface area contributed by atoms with Crippen LogP contribution in [0.3, 0.4) is 0 Å². The smallest absolute Gasteiger partial charge is 0.416 e. The molecule has 0 saturated carbocycles. The fraction of sp³-hybridized carbons (Fsp3) is 0.300. The molecule has 0 aromatic heterocycles. The Hall–Kier alpha value is -2.55. The van der Waals surface area contributed by atoms with Gasteiger partial charge in [0.05, 0.1) is 24.7 Å². The molecule has 0 aliphatic rings. The van der Waals surface area contributed by atoms with Crippen LogP contribution in [0, 0.1) is 0 Å². The van der Waals surface area contributed by atoms with Gasteiger partial charge in [-0.2, -0.15) is 13.2 Å².